The number of carbonyl (C=O) groups excluding carboxylic acids is 1. The summed E-state index contributed by atoms with van der Waals surface area (Å²) in [6.45, 7) is 1.14. The predicted octanol–water partition coefficient (Wildman–Crippen LogP) is 5.50. The van der Waals surface area contributed by atoms with Crippen LogP contribution in [0.15, 0.2) is 83.4 Å². The molecule has 1 aliphatic rings. The minimum atomic E-state index is -4.87. The molecule has 1 amide bonds. The van der Waals surface area contributed by atoms with Gasteiger partial charge in [-0.25, -0.2) is 9.97 Å². The molecule has 3 heterocycles. The van der Waals surface area contributed by atoms with E-state index in [4.69, 9.17) is 4.42 Å². The molecule has 4 aromatic rings. The Morgan fingerprint density at radius 1 is 0.973 bits per heavy atom. The summed E-state index contributed by atoms with van der Waals surface area (Å²) in [5.41, 5.74) is -0.900. The third-order valence-electron chi connectivity index (χ3n) is 6.35. The highest BCUT2D eigenvalue weighted by atomic mass is 19.4. The van der Waals surface area contributed by atoms with Crippen LogP contribution in [-0.4, -0.2) is 34.1 Å². The Hall–Kier alpha value is -4.18. The van der Waals surface area contributed by atoms with Crippen LogP contribution in [0.1, 0.15) is 34.7 Å². The lowest BCUT2D eigenvalue weighted by atomic mass is 9.84. The Balaban J connectivity index is 1.28. The van der Waals surface area contributed by atoms with Gasteiger partial charge in [0, 0.05) is 18.7 Å². The maximum atomic E-state index is 13.6. The number of amides is 1. The molecule has 1 aliphatic heterocycles. The first kappa shape index (κ1) is 24.5. The average Bonchev–Trinajstić information content (AvgIpc) is 3.38. The number of hydrogen-bond acceptors (Lipinski definition) is 6. The van der Waals surface area contributed by atoms with Crippen LogP contribution >= 0.6 is 0 Å². The first-order valence-corrected chi connectivity index (χ1v) is 11.7. The van der Waals surface area contributed by atoms with E-state index >= 15 is 0 Å². The van der Waals surface area contributed by atoms with E-state index in [2.05, 4.69) is 15.3 Å². The first-order valence-electron chi connectivity index (χ1n) is 11.7. The SMILES string of the molecule is O=C(Nc1ccc(N2CCC(O)(c3ccccc3)CC2)nc1)c1oc(-c2ccccc2)nc1C(F)(F)F. The molecule has 2 N–H and O–H groups in total. The third-order valence-corrected chi connectivity index (χ3v) is 6.35. The van der Waals surface area contributed by atoms with Crippen molar-refractivity contribution >= 4 is 17.4 Å². The molecule has 5 rings (SSSR count). The zero-order valence-corrected chi connectivity index (χ0v) is 19.6. The van der Waals surface area contributed by atoms with Gasteiger partial charge in [0.1, 0.15) is 5.82 Å². The molecule has 1 saturated heterocycles. The fourth-order valence-corrected chi connectivity index (χ4v) is 4.35. The highest BCUT2D eigenvalue weighted by Gasteiger charge is 2.41. The molecule has 0 aliphatic carbocycles. The lowest BCUT2D eigenvalue weighted by Crippen LogP contribution is -2.42. The summed E-state index contributed by atoms with van der Waals surface area (Å²) in [7, 11) is 0. The smallest absolute Gasteiger partial charge is 0.430 e. The molecule has 2 aromatic heterocycles. The van der Waals surface area contributed by atoms with Crippen molar-refractivity contribution in [3.05, 3.63) is 96.0 Å². The molecule has 10 heteroatoms. The van der Waals surface area contributed by atoms with Crippen LogP contribution in [0.25, 0.3) is 11.5 Å². The lowest BCUT2D eigenvalue weighted by Gasteiger charge is -2.39. The molecule has 0 bridgehead atoms. The topological polar surface area (TPSA) is 91.5 Å². The van der Waals surface area contributed by atoms with Crippen LogP contribution in [-0.2, 0) is 11.8 Å². The van der Waals surface area contributed by atoms with Crippen LogP contribution in [0.4, 0.5) is 24.7 Å². The van der Waals surface area contributed by atoms with Gasteiger partial charge in [0.15, 0.2) is 5.69 Å². The molecule has 0 atom stereocenters. The van der Waals surface area contributed by atoms with Gasteiger partial charge in [0.25, 0.3) is 5.91 Å². The van der Waals surface area contributed by atoms with Gasteiger partial charge in [-0.1, -0.05) is 48.5 Å². The Morgan fingerprint density at radius 2 is 1.62 bits per heavy atom. The summed E-state index contributed by atoms with van der Waals surface area (Å²) in [6, 6.07) is 20.8. The molecule has 37 heavy (non-hydrogen) atoms. The van der Waals surface area contributed by atoms with Gasteiger partial charge >= 0.3 is 6.18 Å². The van der Waals surface area contributed by atoms with Gasteiger partial charge in [0.05, 0.1) is 17.5 Å². The van der Waals surface area contributed by atoms with Gasteiger partial charge in [-0.3, -0.25) is 4.79 Å². The van der Waals surface area contributed by atoms with Crippen molar-refractivity contribution in [2.45, 2.75) is 24.6 Å². The second-order valence-corrected chi connectivity index (χ2v) is 8.80. The number of nitrogens with zero attached hydrogens (tertiary/aromatic N) is 3. The van der Waals surface area contributed by atoms with E-state index in [1.54, 1.807) is 30.3 Å². The Bertz CT molecular complexity index is 1370. The van der Waals surface area contributed by atoms with E-state index < -0.39 is 29.1 Å². The number of oxazole rings is 1. The molecule has 7 nitrogen and oxygen atoms in total. The molecular weight excluding hydrogens is 485 g/mol. The van der Waals surface area contributed by atoms with Gasteiger partial charge in [-0.15, -0.1) is 0 Å². The van der Waals surface area contributed by atoms with Crippen molar-refractivity contribution in [2.24, 2.45) is 0 Å². The molecule has 1 fully saturated rings. The van der Waals surface area contributed by atoms with E-state index in [9.17, 15) is 23.1 Å². The summed E-state index contributed by atoms with van der Waals surface area (Å²) in [5.74, 6) is -1.67. The second-order valence-electron chi connectivity index (χ2n) is 8.80. The van der Waals surface area contributed by atoms with Crippen molar-refractivity contribution in [1.82, 2.24) is 9.97 Å². The number of hydrogen-bond donors (Lipinski definition) is 2. The number of benzene rings is 2. The summed E-state index contributed by atoms with van der Waals surface area (Å²) >= 11 is 0. The number of aliphatic hydroxyl groups is 1. The van der Waals surface area contributed by atoms with Crippen molar-refractivity contribution < 1.29 is 27.5 Å². The number of carbonyl (C=O) groups is 1. The molecular formula is C27H23F3N4O3. The minimum Gasteiger partial charge on any atom is -0.430 e. The zero-order valence-electron chi connectivity index (χ0n) is 19.6. The highest BCUT2D eigenvalue weighted by Crippen LogP contribution is 2.36. The molecule has 0 unspecified atom stereocenters. The van der Waals surface area contributed by atoms with Gasteiger partial charge in [0.2, 0.25) is 11.7 Å². The quantitative estimate of drug-likeness (QED) is 0.370. The molecule has 190 valence electrons. The Kier molecular flexibility index (Phi) is 6.43. The normalized spacial score (nSPS) is 15.4. The van der Waals surface area contributed by atoms with Gasteiger partial charge in [-0.2, -0.15) is 13.2 Å². The van der Waals surface area contributed by atoms with Crippen molar-refractivity contribution in [1.29, 1.82) is 0 Å². The highest BCUT2D eigenvalue weighted by molar-refractivity contribution is 6.03. The molecule has 0 radical (unpaired) electrons. The number of anilines is 2. The number of pyridine rings is 1. The van der Waals surface area contributed by atoms with Gasteiger partial charge < -0.3 is 19.7 Å². The van der Waals surface area contributed by atoms with Crippen molar-refractivity contribution in [3.63, 3.8) is 0 Å². The Morgan fingerprint density at radius 3 is 2.22 bits per heavy atom. The molecule has 0 saturated carbocycles. The van der Waals surface area contributed by atoms with E-state index in [0.717, 1.165) is 5.56 Å². The summed E-state index contributed by atoms with van der Waals surface area (Å²) in [4.78, 5) is 22.6. The number of halogens is 3. The average molecular weight is 509 g/mol. The van der Waals surface area contributed by atoms with Crippen LogP contribution in [0, 0.1) is 0 Å². The van der Waals surface area contributed by atoms with Crippen LogP contribution < -0.4 is 10.2 Å². The van der Waals surface area contributed by atoms with E-state index in [1.165, 1.54) is 18.3 Å². The minimum absolute atomic E-state index is 0.206. The largest absolute Gasteiger partial charge is 0.437 e. The maximum absolute atomic E-state index is 13.6. The van der Waals surface area contributed by atoms with E-state index in [0.29, 0.717) is 37.3 Å². The van der Waals surface area contributed by atoms with Crippen molar-refractivity contribution in [3.8, 4) is 11.5 Å². The number of piperidine rings is 1. The van der Waals surface area contributed by atoms with E-state index in [-0.39, 0.29) is 11.6 Å². The van der Waals surface area contributed by atoms with Crippen LogP contribution in [0.5, 0.6) is 0 Å². The fourth-order valence-electron chi connectivity index (χ4n) is 4.35. The van der Waals surface area contributed by atoms with E-state index in [1.807, 2.05) is 35.2 Å². The summed E-state index contributed by atoms with van der Waals surface area (Å²) < 4.78 is 45.9. The van der Waals surface area contributed by atoms with Crippen LogP contribution in [0.3, 0.4) is 0 Å². The maximum Gasteiger partial charge on any atom is 0.437 e. The third kappa shape index (κ3) is 5.19. The van der Waals surface area contributed by atoms with Crippen LogP contribution in [0.2, 0.25) is 0 Å². The predicted molar refractivity (Wildman–Crippen MR) is 131 cm³/mol. The molecule has 2 aromatic carbocycles. The monoisotopic (exact) mass is 508 g/mol. The first-order chi connectivity index (χ1) is 17.7. The van der Waals surface area contributed by atoms with Crippen molar-refractivity contribution in [2.75, 3.05) is 23.3 Å². The number of alkyl halides is 3. The molecule has 0 spiro atoms. The zero-order chi connectivity index (χ0) is 26.0. The number of rotatable bonds is 5. The van der Waals surface area contributed by atoms with Gasteiger partial charge in [-0.05, 0) is 42.7 Å². The summed E-state index contributed by atoms with van der Waals surface area (Å²) in [5, 5.41) is 13.4. The number of aromatic nitrogens is 2. The fraction of sp³-hybridized carbons (Fsp3) is 0.222. The summed E-state index contributed by atoms with van der Waals surface area (Å²) in [6.07, 6.45) is -2.46. The Labute approximate surface area is 210 Å². The standard InChI is InChI=1S/C27H23F3N4O3/c28-27(29,30)23-22(37-25(33-23)18-7-3-1-4-8-18)24(35)32-20-11-12-21(31-17-20)34-15-13-26(36,14-16-34)19-9-5-2-6-10-19/h1-12,17,36H,13-16H2,(H,32,35). The number of nitrogens with one attached hydrogen (secondary N) is 1. The lowest BCUT2D eigenvalue weighted by molar-refractivity contribution is -0.141. The second kappa shape index (κ2) is 9.70.